The molecule has 0 aliphatic rings. The first-order chi connectivity index (χ1) is 6.31. The SMILES string of the molecule is CCOc1ccc(C=O)cc1CO. The molecule has 1 N–H and O–H groups in total. The quantitative estimate of drug-likeness (QED) is 0.712. The normalized spacial score (nSPS) is 9.69. The van der Waals surface area contributed by atoms with Gasteiger partial charge in [-0.25, -0.2) is 0 Å². The molecule has 0 spiro atoms. The molecule has 0 aliphatic carbocycles. The third-order valence-electron chi connectivity index (χ3n) is 1.69. The average Bonchev–Trinajstić information content (AvgIpc) is 2.19. The Kier molecular flexibility index (Phi) is 3.46. The predicted octanol–water partition coefficient (Wildman–Crippen LogP) is 1.39. The third kappa shape index (κ3) is 2.29. The minimum absolute atomic E-state index is 0.114. The monoisotopic (exact) mass is 180 g/mol. The number of benzene rings is 1. The van der Waals surface area contributed by atoms with Gasteiger partial charge < -0.3 is 9.84 Å². The zero-order valence-corrected chi connectivity index (χ0v) is 7.49. The van der Waals surface area contributed by atoms with Crippen molar-refractivity contribution in [2.45, 2.75) is 13.5 Å². The molecule has 3 heteroatoms. The highest BCUT2D eigenvalue weighted by atomic mass is 16.5. The zero-order chi connectivity index (χ0) is 9.68. The van der Waals surface area contributed by atoms with Crippen LogP contribution in [0.1, 0.15) is 22.8 Å². The summed E-state index contributed by atoms with van der Waals surface area (Å²) in [7, 11) is 0. The molecule has 70 valence electrons. The second kappa shape index (κ2) is 4.62. The number of carbonyl (C=O) groups is 1. The molecule has 0 heterocycles. The first kappa shape index (κ1) is 9.74. The summed E-state index contributed by atoms with van der Waals surface area (Å²) >= 11 is 0. The Bertz CT molecular complexity index is 294. The van der Waals surface area contributed by atoms with Crippen LogP contribution in [0.4, 0.5) is 0 Å². The van der Waals surface area contributed by atoms with Gasteiger partial charge in [-0.1, -0.05) is 0 Å². The van der Waals surface area contributed by atoms with Gasteiger partial charge in [-0.2, -0.15) is 0 Å². The molecule has 0 unspecified atom stereocenters. The van der Waals surface area contributed by atoms with Gasteiger partial charge in [0.2, 0.25) is 0 Å². The summed E-state index contributed by atoms with van der Waals surface area (Å²) in [6, 6.07) is 4.98. The van der Waals surface area contributed by atoms with Gasteiger partial charge in [0.05, 0.1) is 13.2 Å². The Morgan fingerprint density at radius 2 is 2.31 bits per heavy atom. The molecule has 1 aromatic carbocycles. The number of rotatable bonds is 4. The molecule has 0 aromatic heterocycles. The van der Waals surface area contributed by atoms with E-state index in [4.69, 9.17) is 9.84 Å². The fraction of sp³-hybridized carbons (Fsp3) is 0.300. The van der Waals surface area contributed by atoms with Crippen molar-refractivity contribution in [3.05, 3.63) is 29.3 Å². The Morgan fingerprint density at radius 1 is 1.54 bits per heavy atom. The van der Waals surface area contributed by atoms with E-state index in [1.165, 1.54) is 0 Å². The van der Waals surface area contributed by atoms with Crippen molar-refractivity contribution in [3.8, 4) is 5.75 Å². The van der Waals surface area contributed by atoms with Crippen LogP contribution in [0.2, 0.25) is 0 Å². The van der Waals surface area contributed by atoms with Crippen molar-refractivity contribution in [1.82, 2.24) is 0 Å². The second-order valence-corrected chi connectivity index (χ2v) is 2.58. The van der Waals surface area contributed by atoms with Crippen LogP contribution in [-0.4, -0.2) is 18.0 Å². The summed E-state index contributed by atoms with van der Waals surface area (Å²) in [5, 5.41) is 8.97. The molecule has 1 rings (SSSR count). The molecule has 13 heavy (non-hydrogen) atoms. The maximum absolute atomic E-state index is 10.4. The van der Waals surface area contributed by atoms with Gasteiger partial charge in [0.15, 0.2) is 0 Å². The smallest absolute Gasteiger partial charge is 0.150 e. The van der Waals surface area contributed by atoms with Crippen molar-refractivity contribution in [2.24, 2.45) is 0 Å². The standard InChI is InChI=1S/C10H12O3/c1-2-13-10-4-3-8(6-11)5-9(10)7-12/h3-6,12H,2,7H2,1H3. The van der Waals surface area contributed by atoms with E-state index in [2.05, 4.69) is 0 Å². The van der Waals surface area contributed by atoms with E-state index in [0.29, 0.717) is 23.5 Å². The van der Waals surface area contributed by atoms with Crippen molar-refractivity contribution in [3.63, 3.8) is 0 Å². The van der Waals surface area contributed by atoms with E-state index in [1.807, 2.05) is 6.92 Å². The minimum atomic E-state index is -0.114. The van der Waals surface area contributed by atoms with Crippen molar-refractivity contribution in [2.75, 3.05) is 6.61 Å². The molecule has 0 saturated carbocycles. The summed E-state index contributed by atoms with van der Waals surface area (Å²) in [6.45, 7) is 2.30. The Balaban J connectivity index is 3.00. The summed E-state index contributed by atoms with van der Waals surface area (Å²) in [6.07, 6.45) is 0.745. The van der Waals surface area contributed by atoms with E-state index in [0.717, 1.165) is 6.29 Å². The molecule has 0 amide bonds. The molecule has 0 bridgehead atoms. The first-order valence-corrected chi connectivity index (χ1v) is 4.13. The zero-order valence-electron chi connectivity index (χ0n) is 7.49. The van der Waals surface area contributed by atoms with Crippen molar-refractivity contribution >= 4 is 6.29 Å². The van der Waals surface area contributed by atoms with Gasteiger partial charge in [-0.05, 0) is 25.1 Å². The van der Waals surface area contributed by atoms with E-state index >= 15 is 0 Å². The Morgan fingerprint density at radius 3 is 2.85 bits per heavy atom. The lowest BCUT2D eigenvalue weighted by atomic mass is 10.1. The van der Waals surface area contributed by atoms with Gasteiger partial charge in [0.1, 0.15) is 12.0 Å². The third-order valence-corrected chi connectivity index (χ3v) is 1.69. The number of aldehydes is 1. The lowest BCUT2D eigenvalue weighted by Gasteiger charge is -2.07. The lowest BCUT2D eigenvalue weighted by molar-refractivity contribution is 0.112. The van der Waals surface area contributed by atoms with Crippen LogP contribution in [0.25, 0.3) is 0 Å². The highest BCUT2D eigenvalue weighted by molar-refractivity contribution is 5.75. The molecule has 0 saturated heterocycles. The molecule has 0 radical (unpaired) electrons. The maximum atomic E-state index is 10.4. The number of ether oxygens (including phenoxy) is 1. The summed E-state index contributed by atoms with van der Waals surface area (Å²) in [5.41, 5.74) is 1.19. The number of hydrogen-bond donors (Lipinski definition) is 1. The molecular weight excluding hydrogens is 168 g/mol. The Labute approximate surface area is 77.0 Å². The van der Waals surface area contributed by atoms with E-state index in [-0.39, 0.29) is 6.61 Å². The molecular formula is C10H12O3. The van der Waals surface area contributed by atoms with Crippen LogP contribution in [0.15, 0.2) is 18.2 Å². The van der Waals surface area contributed by atoms with E-state index < -0.39 is 0 Å². The van der Waals surface area contributed by atoms with E-state index in [9.17, 15) is 4.79 Å². The predicted molar refractivity (Wildman–Crippen MR) is 48.9 cm³/mol. The lowest BCUT2D eigenvalue weighted by Crippen LogP contribution is -1.97. The Hall–Kier alpha value is -1.35. The molecule has 1 aromatic rings. The van der Waals surface area contributed by atoms with Crippen LogP contribution in [-0.2, 0) is 6.61 Å². The van der Waals surface area contributed by atoms with Crippen molar-refractivity contribution < 1.29 is 14.6 Å². The van der Waals surface area contributed by atoms with Crippen LogP contribution in [0.3, 0.4) is 0 Å². The molecule has 0 fully saturated rings. The van der Waals surface area contributed by atoms with Gasteiger partial charge in [0, 0.05) is 11.1 Å². The van der Waals surface area contributed by atoms with E-state index in [1.54, 1.807) is 18.2 Å². The van der Waals surface area contributed by atoms with Gasteiger partial charge in [-0.15, -0.1) is 0 Å². The van der Waals surface area contributed by atoms with Crippen LogP contribution in [0, 0.1) is 0 Å². The summed E-state index contributed by atoms with van der Waals surface area (Å²) in [4.78, 5) is 10.4. The number of hydrogen-bond acceptors (Lipinski definition) is 3. The summed E-state index contributed by atoms with van der Waals surface area (Å²) in [5.74, 6) is 0.635. The maximum Gasteiger partial charge on any atom is 0.150 e. The van der Waals surface area contributed by atoms with Crippen LogP contribution in [0.5, 0.6) is 5.75 Å². The van der Waals surface area contributed by atoms with Gasteiger partial charge >= 0.3 is 0 Å². The topological polar surface area (TPSA) is 46.5 Å². The first-order valence-electron chi connectivity index (χ1n) is 4.13. The molecule has 3 nitrogen and oxygen atoms in total. The van der Waals surface area contributed by atoms with Gasteiger partial charge in [-0.3, -0.25) is 4.79 Å². The largest absolute Gasteiger partial charge is 0.494 e. The fourth-order valence-electron chi connectivity index (χ4n) is 1.09. The highest BCUT2D eigenvalue weighted by Gasteiger charge is 2.02. The summed E-state index contributed by atoms with van der Waals surface area (Å²) < 4.78 is 5.25. The van der Waals surface area contributed by atoms with Gasteiger partial charge in [0.25, 0.3) is 0 Å². The minimum Gasteiger partial charge on any atom is -0.494 e. The second-order valence-electron chi connectivity index (χ2n) is 2.58. The highest BCUT2D eigenvalue weighted by Crippen LogP contribution is 2.19. The number of aliphatic hydroxyl groups is 1. The van der Waals surface area contributed by atoms with Crippen LogP contribution < -0.4 is 4.74 Å². The molecule has 0 aliphatic heterocycles. The average molecular weight is 180 g/mol. The number of carbonyl (C=O) groups excluding carboxylic acids is 1. The molecule has 0 atom stereocenters. The fourth-order valence-corrected chi connectivity index (χ4v) is 1.09. The van der Waals surface area contributed by atoms with Crippen LogP contribution >= 0.6 is 0 Å². The van der Waals surface area contributed by atoms with Crippen molar-refractivity contribution in [1.29, 1.82) is 0 Å². The number of aliphatic hydroxyl groups excluding tert-OH is 1.